The second kappa shape index (κ2) is 7.93. The van der Waals surface area contributed by atoms with Gasteiger partial charge in [-0.1, -0.05) is 30.3 Å². The van der Waals surface area contributed by atoms with Crippen LogP contribution in [0.3, 0.4) is 0 Å². The molecular formula is C19H30N2O3. The van der Waals surface area contributed by atoms with Gasteiger partial charge in [0.15, 0.2) is 5.79 Å². The molecule has 2 heterocycles. The Balaban J connectivity index is 1.39. The van der Waals surface area contributed by atoms with Gasteiger partial charge in [0.25, 0.3) is 0 Å². The predicted molar refractivity (Wildman–Crippen MR) is 93.7 cm³/mol. The molecule has 0 aromatic heterocycles. The van der Waals surface area contributed by atoms with Crippen LogP contribution in [-0.2, 0) is 16.0 Å². The highest BCUT2D eigenvalue weighted by molar-refractivity contribution is 5.14. The summed E-state index contributed by atoms with van der Waals surface area (Å²) in [5.74, 6) is -0.356. The monoisotopic (exact) mass is 334 g/mol. The van der Waals surface area contributed by atoms with E-state index < -0.39 is 0 Å². The van der Waals surface area contributed by atoms with Gasteiger partial charge in [-0.25, -0.2) is 0 Å². The molecule has 134 valence electrons. The van der Waals surface area contributed by atoms with E-state index in [0.29, 0.717) is 19.7 Å². The fraction of sp³-hybridized carbons (Fsp3) is 0.684. The summed E-state index contributed by atoms with van der Waals surface area (Å²) in [4.78, 5) is 4.50. The lowest BCUT2D eigenvalue weighted by Gasteiger charge is -2.38. The summed E-state index contributed by atoms with van der Waals surface area (Å²) in [7, 11) is 2.06. The van der Waals surface area contributed by atoms with Crippen molar-refractivity contribution < 1.29 is 14.6 Å². The van der Waals surface area contributed by atoms with Crippen molar-refractivity contribution in [1.29, 1.82) is 0 Å². The molecule has 2 unspecified atom stereocenters. The van der Waals surface area contributed by atoms with E-state index in [-0.39, 0.29) is 18.0 Å². The summed E-state index contributed by atoms with van der Waals surface area (Å²) in [6, 6.07) is 10.4. The smallest absolute Gasteiger partial charge is 0.171 e. The number of hydrogen-bond acceptors (Lipinski definition) is 5. The lowest BCUT2D eigenvalue weighted by molar-refractivity contribution is -0.194. The van der Waals surface area contributed by atoms with Gasteiger partial charge in [-0.2, -0.15) is 0 Å². The highest BCUT2D eigenvalue weighted by Gasteiger charge is 2.42. The lowest BCUT2D eigenvalue weighted by Crippen LogP contribution is -2.48. The zero-order valence-electron chi connectivity index (χ0n) is 14.9. The van der Waals surface area contributed by atoms with Crippen LogP contribution in [0.15, 0.2) is 30.3 Å². The molecule has 1 aromatic carbocycles. The van der Waals surface area contributed by atoms with Crippen LogP contribution in [0.2, 0.25) is 0 Å². The first-order valence-electron chi connectivity index (χ1n) is 8.99. The Morgan fingerprint density at radius 3 is 2.62 bits per heavy atom. The van der Waals surface area contributed by atoms with Crippen LogP contribution < -0.4 is 0 Å². The summed E-state index contributed by atoms with van der Waals surface area (Å²) in [5, 5.41) is 10.4. The van der Waals surface area contributed by atoms with Gasteiger partial charge in [0.2, 0.25) is 0 Å². The molecule has 24 heavy (non-hydrogen) atoms. The number of hydrogen-bond donors (Lipinski definition) is 1. The van der Waals surface area contributed by atoms with Crippen molar-refractivity contribution in [2.75, 3.05) is 39.8 Å². The van der Waals surface area contributed by atoms with Crippen molar-refractivity contribution in [2.45, 2.75) is 44.3 Å². The number of piperidine rings is 1. The van der Waals surface area contributed by atoms with Crippen molar-refractivity contribution in [3.05, 3.63) is 35.9 Å². The lowest BCUT2D eigenvalue weighted by atomic mass is 10.0. The molecule has 0 aliphatic carbocycles. The zero-order valence-corrected chi connectivity index (χ0v) is 14.9. The summed E-state index contributed by atoms with van der Waals surface area (Å²) in [6.07, 6.45) is 1.65. The average Bonchev–Trinajstić information content (AvgIpc) is 2.91. The molecule has 1 N–H and O–H groups in total. The number of nitrogens with zero attached hydrogens (tertiary/aromatic N) is 2. The molecule has 1 spiro atoms. The molecule has 0 saturated carbocycles. The molecule has 2 aliphatic heterocycles. The molecule has 0 amide bonds. The molecule has 5 nitrogen and oxygen atoms in total. The molecule has 2 aliphatic rings. The van der Waals surface area contributed by atoms with Gasteiger partial charge < -0.3 is 19.5 Å². The minimum absolute atomic E-state index is 0.203. The van der Waals surface area contributed by atoms with E-state index in [4.69, 9.17) is 9.47 Å². The van der Waals surface area contributed by atoms with Crippen molar-refractivity contribution in [2.24, 2.45) is 0 Å². The molecular weight excluding hydrogens is 304 g/mol. The predicted octanol–water partition coefficient (Wildman–Crippen LogP) is 1.71. The fourth-order valence-electron chi connectivity index (χ4n) is 3.72. The van der Waals surface area contributed by atoms with Gasteiger partial charge in [0, 0.05) is 45.6 Å². The summed E-state index contributed by atoms with van der Waals surface area (Å²) < 4.78 is 11.8. The standard InChI is InChI=1S/C19H30N2O3/c1-16-15-23-19(24-16)8-10-21(11-9-19)14-18(22)13-20(2)12-17-6-4-3-5-7-17/h3-7,16,18,22H,8-15H2,1-2H3. The van der Waals surface area contributed by atoms with Gasteiger partial charge in [-0.05, 0) is 19.5 Å². The van der Waals surface area contributed by atoms with E-state index >= 15 is 0 Å². The van der Waals surface area contributed by atoms with Gasteiger partial charge in [-0.3, -0.25) is 4.90 Å². The first-order chi connectivity index (χ1) is 11.5. The van der Waals surface area contributed by atoms with Crippen LogP contribution in [0.1, 0.15) is 25.3 Å². The normalized spacial score (nSPS) is 25.4. The van der Waals surface area contributed by atoms with Gasteiger partial charge in [0.05, 0.1) is 18.8 Å². The number of β-amino-alcohol motifs (C(OH)–C–C–N with tert-alkyl or cyclic N) is 1. The molecule has 5 heteroatoms. The number of aliphatic hydroxyl groups excluding tert-OH is 1. The Morgan fingerprint density at radius 2 is 2.00 bits per heavy atom. The first kappa shape index (κ1) is 17.8. The third kappa shape index (κ3) is 4.77. The van der Waals surface area contributed by atoms with E-state index in [1.165, 1.54) is 5.56 Å². The molecule has 2 atom stereocenters. The number of benzene rings is 1. The third-order valence-corrected chi connectivity index (χ3v) is 4.90. The number of rotatable bonds is 6. The molecule has 3 rings (SSSR count). The van der Waals surface area contributed by atoms with Crippen LogP contribution in [0.25, 0.3) is 0 Å². The van der Waals surface area contributed by atoms with Crippen molar-refractivity contribution in [3.8, 4) is 0 Å². The second-order valence-electron chi connectivity index (χ2n) is 7.29. The van der Waals surface area contributed by atoms with Crippen LogP contribution in [-0.4, -0.2) is 72.7 Å². The number of likely N-dealkylation sites (tertiary alicyclic amines) is 1. The number of ether oxygens (including phenoxy) is 2. The summed E-state index contributed by atoms with van der Waals surface area (Å²) in [5.41, 5.74) is 1.27. The zero-order chi connectivity index (χ0) is 17.0. The van der Waals surface area contributed by atoms with Gasteiger partial charge in [-0.15, -0.1) is 0 Å². The Bertz CT molecular complexity index is 503. The summed E-state index contributed by atoms with van der Waals surface area (Å²) >= 11 is 0. The average molecular weight is 334 g/mol. The molecule has 0 radical (unpaired) electrons. The first-order valence-corrected chi connectivity index (χ1v) is 8.99. The highest BCUT2D eigenvalue weighted by Crippen LogP contribution is 2.33. The van der Waals surface area contributed by atoms with Gasteiger partial charge in [0.1, 0.15) is 0 Å². The number of aliphatic hydroxyl groups is 1. The van der Waals surface area contributed by atoms with Crippen molar-refractivity contribution in [3.63, 3.8) is 0 Å². The van der Waals surface area contributed by atoms with E-state index in [1.807, 2.05) is 6.07 Å². The molecule has 1 aromatic rings. The molecule has 2 fully saturated rings. The van der Waals surface area contributed by atoms with E-state index in [2.05, 4.69) is 48.0 Å². The fourth-order valence-corrected chi connectivity index (χ4v) is 3.72. The van der Waals surface area contributed by atoms with E-state index in [1.54, 1.807) is 0 Å². The largest absolute Gasteiger partial charge is 0.390 e. The number of likely N-dealkylation sites (N-methyl/N-ethyl adjacent to an activating group) is 1. The Morgan fingerprint density at radius 1 is 1.29 bits per heavy atom. The Labute approximate surface area is 145 Å². The maximum Gasteiger partial charge on any atom is 0.171 e. The van der Waals surface area contributed by atoms with E-state index in [9.17, 15) is 5.11 Å². The van der Waals surface area contributed by atoms with Crippen molar-refractivity contribution in [1.82, 2.24) is 9.80 Å². The topological polar surface area (TPSA) is 45.2 Å². The molecule has 2 saturated heterocycles. The van der Waals surface area contributed by atoms with E-state index in [0.717, 1.165) is 32.5 Å². The van der Waals surface area contributed by atoms with Crippen molar-refractivity contribution >= 4 is 0 Å². The molecule has 0 bridgehead atoms. The summed E-state index contributed by atoms with van der Waals surface area (Å²) in [6.45, 7) is 6.87. The highest BCUT2D eigenvalue weighted by atomic mass is 16.7. The van der Waals surface area contributed by atoms with Crippen LogP contribution in [0.5, 0.6) is 0 Å². The van der Waals surface area contributed by atoms with Crippen LogP contribution >= 0.6 is 0 Å². The minimum Gasteiger partial charge on any atom is -0.390 e. The minimum atomic E-state index is -0.356. The maximum atomic E-state index is 10.4. The van der Waals surface area contributed by atoms with Crippen LogP contribution in [0, 0.1) is 0 Å². The Hall–Kier alpha value is -0.980. The van der Waals surface area contributed by atoms with Crippen LogP contribution in [0.4, 0.5) is 0 Å². The van der Waals surface area contributed by atoms with Gasteiger partial charge >= 0.3 is 0 Å². The maximum absolute atomic E-state index is 10.4. The Kier molecular flexibility index (Phi) is 5.89. The SMILES string of the molecule is CC1COC2(CCN(CC(O)CN(C)Cc3ccccc3)CC2)O1. The quantitative estimate of drug-likeness (QED) is 0.858. The second-order valence-corrected chi connectivity index (χ2v) is 7.29. The third-order valence-electron chi connectivity index (χ3n) is 4.90.